The summed E-state index contributed by atoms with van der Waals surface area (Å²) in [5, 5.41) is 0. The summed E-state index contributed by atoms with van der Waals surface area (Å²) in [6.07, 6.45) is 16.7. The fraction of sp³-hybridized carbons (Fsp3) is 0.800. The Balaban J connectivity index is 1.59. The third-order valence-electron chi connectivity index (χ3n) is 5.87. The normalized spacial score (nSPS) is 27.6. The first kappa shape index (κ1) is 16.0. The van der Waals surface area contributed by atoms with Crippen molar-refractivity contribution < 1.29 is 4.65 Å². The molecule has 3 aliphatic rings. The van der Waals surface area contributed by atoms with E-state index in [1.807, 2.05) is 0 Å². The molecule has 0 radical (unpaired) electrons. The van der Waals surface area contributed by atoms with Gasteiger partial charge < -0.3 is 4.65 Å². The van der Waals surface area contributed by atoms with Crippen molar-refractivity contribution in [1.82, 2.24) is 0 Å². The summed E-state index contributed by atoms with van der Waals surface area (Å²) in [6.45, 7) is 2.77. The molecule has 22 heavy (non-hydrogen) atoms. The van der Waals surface area contributed by atoms with Crippen molar-refractivity contribution in [3.8, 4) is 11.8 Å². The second-order valence-corrected chi connectivity index (χ2v) is 7.48. The summed E-state index contributed by atoms with van der Waals surface area (Å²) in [4.78, 5) is 0. The number of hydrogen-bond donors (Lipinski definition) is 0. The van der Waals surface area contributed by atoms with Crippen LogP contribution in [0.5, 0.6) is 0 Å². The van der Waals surface area contributed by atoms with Gasteiger partial charge in [-0.3, -0.25) is 0 Å². The molecule has 0 unspecified atom stereocenters. The summed E-state index contributed by atoms with van der Waals surface area (Å²) >= 11 is 0. The fourth-order valence-corrected chi connectivity index (χ4v) is 4.60. The number of allylic oxidation sites excluding steroid dienone is 2. The van der Waals surface area contributed by atoms with E-state index in [2.05, 4.69) is 18.8 Å². The Kier molecular flexibility index (Phi) is 5.93. The molecule has 1 aliphatic carbocycles. The van der Waals surface area contributed by atoms with Crippen LogP contribution in [-0.4, -0.2) is 6.92 Å². The lowest BCUT2D eigenvalue weighted by Crippen LogP contribution is -2.37. The highest BCUT2D eigenvalue weighted by atomic mass is 16.4. The molecule has 0 saturated carbocycles. The molecule has 0 amide bonds. The van der Waals surface area contributed by atoms with Gasteiger partial charge in [-0.05, 0) is 36.5 Å². The second kappa shape index (κ2) is 8.14. The van der Waals surface area contributed by atoms with Gasteiger partial charge in [-0.15, -0.1) is 5.92 Å². The van der Waals surface area contributed by atoms with Crippen LogP contribution in [0.3, 0.4) is 0 Å². The van der Waals surface area contributed by atoms with Gasteiger partial charge in [0, 0.05) is 19.3 Å². The van der Waals surface area contributed by atoms with Gasteiger partial charge in [-0.2, -0.15) is 0 Å². The van der Waals surface area contributed by atoms with Crippen LogP contribution in [0, 0.1) is 11.8 Å². The zero-order valence-electron chi connectivity index (χ0n) is 14.3. The highest BCUT2D eigenvalue weighted by Crippen LogP contribution is 2.48. The number of hydrogen-bond acceptors (Lipinski definition) is 1. The third-order valence-corrected chi connectivity index (χ3v) is 5.87. The number of rotatable bonds is 5. The highest BCUT2D eigenvalue weighted by molar-refractivity contribution is 6.56. The van der Waals surface area contributed by atoms with E-state index in [1.54, 1.807) is 0 Å². The van der Waals surface area contributed by atoms with E-state index >= 15 is 0 Å². The van der Waals surface area contributed by atoms with Gasteiger partial charge in [-0.1, -0.05) is 57.8 Å². The third kappa shape index (κ3) is 3.92. The molecule has 1 nitrogen and oxygen atoms in total. The van der Waals surface area contributed by atoms with E-state index in [1.165, 1.54) is 82.0 Å². The molecule has 2 heteroatoms. The van der Waals surface area contributed by atoms with Crippen LogP contribution in [0.1, 0.15) is 90.4 Å². The summed E-state index contributed by atoms with van der Waals surface area (Å²) in [7, 11) is 0. The predicted octanol–water partition coefficient (Wildman–Crippen LogP) is 6.12. The average Bonchev–Trinajstić information content (AvgIpc) is 2.94. The van der Waals surface area contributed by atoms with E-state index in [0.717, 1.165) is 24.5 Å². The minimum Gasteiger partial charge on any atom is -0.563 e. The van der Waals surface area contributed by atoms with Crippen molar-refractivity contribution in [2.24, 2.45) is 0 Å². The standard InChI is InChI=1S/C20H31BO/c1-2-3-4-5-6-10-17-11-7-16-20(17)22-21-18-12-8-13-19(21)15-9-14-18/h18-19H,2-4,7-16H2,1H3. The summed E-state index contributed by atoms with van der Waals surface area (Å²) in [5.41, 5.74) is 1.52. The number of unbranched alkanes of at least 4 members (excludes halogenated alkanes) is 2. The molecule has 0 aromatic rings. The summed E-state index contributed by atoms with van der Waals surface area (Å²) in [5.74, 6) is 9.76. The lowest BCUT2D eigenvalue weighted by Gasteiger charge is -2.39. The molecule has 3 rings (SSSR count). The van der Waals surface area contributed by atoms with Crippen LogP contribution in [0.4, 0.5) is 0 Å². The molecule has 2 fully saturated rings. The van der Waals surface area contributed by atoms with Gasteiger partial charge in [0.1, 0.15) is 0 Å². The SMILES string of the molecule is CCCCC#CCC1=C(OB2C3CCCC2CCC3)CCC1. The van der Waals surface area contributed by atoms with Gasteiger partial charge in [-0.25, -0.2) is 0 Å². The van der Waals surface area contributed by atoms with Crippen LogP contribution in [-0.2, 0) is 4.65 Å². The fourth-order valence-electron chi connectivity index (χ4n) is 4.60. The molecule has 2 bridgehead atoms. The van der Waals surface area contributed by atoms with Crippen molar-refractivity contribution in [1.29, 1.82) is 0 Å². The first-order valence-electron chi connectivity index (χ1n) is 9.71. The van der Waals surface area contributed by atoms with Crippen molar-refractivity contribution in [3.63, 3.8) is 0 Å². The maximum atomic E-state index is 6.62. The largest absolute Gasteiger partial charge is 0.563 e. The average molecular weight is 298 g/mol. The lowest BCUT2D eigenvalue weighted by molar-refractivity contribution is 0.325. The Labute approximate surface area is 137 Å². The molecule has 0 N–H and O–H groups in total. The Morgan fingerprint density at radius 3 is 2.41 bits per heavy atom. The molecule has 0 aromatic heterocycles. The molecule has 0 atom stereocenters. The molecular weight excluding hydrogens is 267 g/mol. The van der Waals surface area contributed by atoms with E-state index in [-0.39, 0.29) is 0 Å². The molecule has 2 heterocycles. The van der Waals surface area contributed by atoms with Crippen molar-refractivity contribution in [2.75, 3.05) is 0 Å². The Morgan fingerprint density at radius 1 is 1.00 bits per heavy atom. The first-order valence-corrected chi connectivity index (χ1v) is 9.71. The molecule has 2 saturated heterocycles. The van der Waals surface area contributed by atoms with Gasteiger partial charge in [0.2, 0.25) is 0 Å². The van der Waals surface area contributed by atoms with Crippen molar-refractivity contribution in [3.05, 3.63) is 11.3 Å². The maximum absolute atomic E-state index is 6.62. The molecule has 2 aliphatic heterocycles. The van der Waals surface area contributed by atoms with E-state index < -0.39 is 0 Å². The summed E-state index contributed by atoms with van der Waals surface area (Å²) < 4.78 is 6.62. The van der Waals surface area contributed by atoms with Crippen molar-refractivity contribution >= 4 is 6.92 Å². The van der Waals surface area contributed by atoms with Crippen LogP contribution in [0.2, 0.25) is 11.6 Å². The minimum absolute atomic E-state index is 0.540. The zero-order valence-corrected chi connectivity index (χ0v) is 14.3. The van der Waals surface area contributed by atoms with E-state index in [4.69, 9.17) is 4.65 Å². The lowest BCUT2D eigenvalue weighted by atomic mass is 9.38. The van der Waals surface area contributed by atoms with Crippen LogP contribution < -0.4 is 0 Å². The molecule has 0 aromatic carbocycles. The summed E-state index contributed by atoms with van der Waals surface area (Å²) in [6, 6.07) is 0. The smallest absolute Gasteiger partial charge is 0.363 e. The van der Waals surface area contributed by atoms with Gasteiger partial charge in [0.25, 0.3) is 0 Å². The van der Waals surface area contributed by atoms with Gasteiger partial charge in [0.05, 0.1) is 5.76 Å². The van der Waals surface area contributed by atoms with Crippen LogP contribution in [0.25, 0.3) is 0 Å². The Bertz CT molecular complexity index is 434. The van der Waals surface area contributed by atoms with E-state index in [9.17, 15) is 0 Å². The highest BCUT2D eigenvalue weighted by Gasteiger charge is 2.43. The zero-order chi connectivity index (χ0) is 15.2. The molecular formula is C20H31BO. The topological polar surface area (TPSA) is 9.23 Å². The minimum atomic E-state index is 0.540. The van der Waals surface area contributed by atoms with Gasteiger partial charge in [0.15, 0.2) is 0 Å². The van der Waals surface area contributed by atoms with Gasteiger partial charge >= 0.3 is 6.92 Å². The Morgan fingerprint density at radius 2 is 1.73 bits per heavy atom. The molecule has 0 spiro atoms. The quantitative estimate of drug-likeness (QED) is 0.337. The second-order valence-electron chi connectivity index (χ2n) is 7.48. The first-order chi connectivity index (χ1) is 10.9. The van der Waals surface area contributed by atoms with Crippen molar-refractivity contribution in [2.45, 2.75) is 102 Å². The molecule has 120 valence electrons. The monoisotopic (exact) mass is 298 g/mol. The van der Waals surface area contributed by atoms with Crippen LogP contribution >= 0.6 is 0 Å². The number of fused-ring (bicyclic) bond motifs is 2. The van der Waals surface area contributed by atoms with Crippen LogP contribution in [0.15, 0.2) is 11.3 Å². The predicted molar refractivity (Wildman–Crippen MR) is 94.8 cm³/mol. The van der Waals surface area contributed by atoms with E-state index in [0.29, 0.717) is 6.92 Å². The Hall–Kier alpha value is -0.835. The maximum Gasteiger partial charge on any atom is 0.363 e.